The normalized spacial score (nSPS) is 15.8. The lowest BCUT2D eigenvalue weighted by Gasteiger charge is -2.33. The van der Waals surface area contributed by atoms with Gasteiger partial charge in [-0.25, -0.2) is 0 Å². The van der Waals surface area contributed by atoms with Gasteiger partial charge in [0.05, 0.1) is 6.04 Å². The van der Waals surface area contributed by atoms with Crippen LogP contribution in [0, 0.1) is 0 Å². The van der Waals surface area contributed by atoms with E-state index in [-0.39, 0.29) is 6.04 Å². The lowest BCUT2D eigenvalue weighted by Crippen LogP contribution is -2.33. The molecule has 1 aliphatic rings. The van der Waals surface area contributed by atoms with Crippen LogP contribution < -0.4 is 0 Å². The van der Waals surface area contributed by atoms with Crippen LogP contribution in [0.1, 0.15) is 30.5 Å². The molecule has 1 unspecified atom stereocenters. The molecule has 120 valence electrons. The molecule has 0 fully saturated rings. The fourth-order valence-electron chi connectivity index (χ4n) is 2.74. The summed E-state index contributed by atoms with van der Waals surface area (Å²) in [5, 5.41) is 1.93. The van der Waals surface area contributed by atoms with Crippen LogP contribution in [-0.2, 0) is 6.54 Å². The first kappa shape index (κ1) is 16.4. The van der Waals surface area contributed by atoms with Gasteiger partial charge in [0, 0.05) is 23.9 Å². The minimum atomic E-state index is 0.277. The van der Waals surface area contributed by atoms with Crippen LogP contribution in [0.5, 0.6) is 0 Å². The van der Waals surface area contributed by atoms with Gasteiger partial charge in [-0.05, 0) is 36.6 Å². The molecule has 0 bridgehead atoms. The van der Waals surface area contributed by atoms with Crippen LogP contribution in [-0.4, -0.2) is 22.4 Å². The van der Waals surface area contributed by atoms with Crippen molar-refractivity contribution in [3.05, 3.63) is 70.7 Å². The smallest absolute Gasteiger partial charge is 0.159 e. The predicted octanol–water partition coefficient (Wildman–Crippen LogP) is 5.40. The Morgan fingerprint density at radius 1 is 1.17 bits per heavy atom. The summed E-state index contributed by atoms with van der Waals surface area (Å²) < 4.78 is 0. The number of rotatable bonds is 4. The van der Waals surface area contributed by atoms with Crippen molar-refractivity contribution in [3.8, 4) is 0 Å². The summed E-state index contributed by atoms with van der Waals surface area (Å²) in [7, 11) is 0. The molecule has 0 spiro atoms. The Labute approximate surface area is 147 Å². The Kier molecular flexibility index (Phi) is 5.63. The minimum absolute atomic E-state index is 0.277. The van der Waals surface area contributed by atoms with Crippen molar-refractivity contribution >= 4 is 28.5 Å². The van der Waals surface area contributed by atoms with Gasteiger partial charge in [-0.2, -0.15) is 0 Å². The fourth-order valence-corrected chi connectivity index (χ4v) is 3.98. The molecule has 0 radical (unpaired) electrons. The summed E-state index contributed by atoms with van der Waals surface area (Å²) in [5.74, 6) is 1.15. The van der Waals surface area contributed by atoms with Crippen LogP contribution in [0.15, 0.2) is 59.6 Å². The Bertz CT molecular complexity index is 672. The monoisotopic (exact) mass is 344 g/mol. The molecular formula is C19H21ClN2S. The SMILES string of the molecule is CC(c1ccccc1)N(Cc1cccc(Cl)c1)C1=NCCCS1. The first-order chi connectivity index (χ1) is 11.2. The first-order valence-electron chi connectivity index (χ1n) is 7.97. The van der Waals surface area contributed by atoms with Crippen molar-refractivity contribution in [2.75, 3.05) is 12.3 Å². The van der Waals surface area contributed by atoms with Crippen LogP contribution >= 0.6 is 23.4 Å². The molecule has 0 saturated carbocycles. The predicted molar refractivity (Wildman–Crippen MR) is 101 cm³/mol. The molecule has 1 atom stereocenters. The molecule has 1 aliphatic heterocycles. The van der Waals surface area contributed by atoms with E-state index >= 15 is 0 Å². The number of halogens is 1. The van der Waals surface area contributed by atoms with Gasteiger partial charge in [0.25, 0.3) is 0 Å². The maximum atomic E-state index is 6.16. The molecule has 2 aromatic carbocycles. The maximum Gasteiger partial charge on any atom is 0.159 e. The van der Waals surface area contributed by atoms with Crippen molar-refractivity contribution in [2.45, 2.75) is 25.9 Å². The number of hydrogen-bond donors (Lipinski definition) is 0. The second-order valence-electron chi connectivity index (χ2n) is 5.71. The third-order valence-electron chi connectivity index (χ3n) is 4.02. The summed E-state index contributed by atoms with van der Waals surface area (Å²) in [6.07, 6.45) is 1.17. The van der Waals surface area contributed by atoms with Crippen LogP contribution in [0.3, 0.4) is 0 Å². The summed E-state index contributed by atoms with van der Waals surface area (Å²) in [6.45, 7) is 4.00. The molecule has 2 aromatic rings. The number of benzene rings is 2. The van der Waals surface area contributed by atoms with E-state index in [1.54, 1.807) is 0 Å². The van der Waals surface area contributed by atoms with Crippen LogP contribution in [0.4, 0.5) is 0 Å². The average Bonchev–Trinajstić information content (AvgIpc) is 2.61. The van der Waals surface area contributed by atoms with E-state index in [9.17, 15) is 0 Å². The second-order valence-corrected chi connectivity index (χ2v) is 7.21. The fraction of sp³-hybridized carbons (Fsp3) is 0.316. The van der Waals surface area contributed by atoms with Crippen molar-refractivity contribution in [3.63, 3.8) is 0 Å². The maximum absolute atomic E-state index is 6.16. The number of aliphatic imine (C=N–C) groups is 1. The Morgan fingerprint density at radius 2 is 2.00 bits per heavy atom. The third-order valence-corrected chi connectivity index (χ3v) is 5.37. The molecule has 1 heterocycles. The first-order valence-corrected chi connectivity index (χ1v) is 9.33. The molecule has 0 amide bonds. The highest BCUT2D eigenvalue weighted by Gasteiger charge is 2.22. The number of thioether (sulfide) groups is 1. The zero-order chi connectivity index (χ0) is 16.1. The standard InChI is InChI=1S/C19H21ClN2S/c1-15(17-8-3-2-4-9-17)22(19-21-11-6-12-23-19)14-16-7-5-10-18(20)13-16/h2-5,7-10,13,15H,6,11-12,14H2,1H3. The molecule has 0 aromatic heterocycles. The number of hydrogen-bond acceptors (Lipinski definition) is 3. The molecule has 23 heavy (non-hydrogen) atoms. The van der Waals surface area contributed by atoms with Gasteiger partial charge in [-0.15, -0.1) is 0 Å². The molecule has 4 heteroatoms. The van der Waals surface area contributed by atoms with Gasteiger partial charge in [0.1, 0.15) is 0 Å². The lowest BCUT2D eigenvalue weighted by atomic mass is 10.1. The van der Waals surface area contributed by atoms with Crippen molar-refractivity contribution < 1.29 is 0 Å². The molecule has 2 nitrogen and oxygen atoms in total. The highest BCUT2D eigenvalue weighted by molar-refractivity contribution is 8.13. The summed E-state index contributed by atoms with van der Waals surface area (Å²) in [5.41, 5.74) is 2.53. The minimum Gasteiger partial charge on any atom is -0.340 e. The van der Waals surface area contributed by atoms with Crippen molar-refractivity contribution in [2.24, 2.45) is 4.99 Å². The zero-order valence-electron chi connectivity index (χ0n) is 13.3. The number of amidine groups is 1. The van der Waals surface area contributed by atoms with Crippen molar-refractivity contribution in [1.29, 1.82) is 0 Å². The largest absolute Gasteiger partial charge is 0.340 e. The van der Waals surface area contributed by atoms with Gasteiger partial charge >= 0.3 is 0 Å². The van der Waals surface area contributed by atoms with E-state index in [0.717, 1.165) is 29.0 Å². The van der Waals surface area contributed by atoms with E-state index in [2.05, 4.69) is 48.2 Å². The Balaban J connectivity index is 1.88. The van der Waals surface area contributed by atoms with Crippen LogP contribution in [0.25, 0.3) is 0 Å². The highest BCUT2D eigenvalue weighted by Crippen LogP contribution is 2.28. The van der Waals surface area contributed by atoms with E-state index in [1.807, 2.05) is 30.0 Å². The van der Waals surface area contributed by atoms with E-state index < -0.39 is 0 Å². The highest BCUT2D eigenvalue weighted by atomic mass is 35.5. The molecule has 0 aliphatic carbocycles. The van der Waals surface area contributed by atoms with Gasteiger partial charge in [0.2, 0.25) is 0 Å². The van der Waals surface area contributed by atoms with E-state index in [0.29, 0.717) is 0 Å². The van der Waals surface area contributed by atoms with E-state index in [4.69, 9.17) is 16.6 Å². The lowest BCUT2D eigenvalue weighted by molar-refractivity contribution is 0.334. The summed E-state index contributed by atoms with van der Waals surface area (Å²) >= 11 is 8.02. The molecule has 3 rings (SSSR count). The number of nitrogens with zero attached hydrogens (tertiary/aromatic N) is 2. The molecular weight excluding hydrogens is 324 g/mol. The van der Waals surface area contributed by atoms with Crippen molar-refractivity contribution in [1.82, 2.24) is 4.90 Å². The average molecular weight is 345 g/mol. The van der Waals surface area contributed by atoms with Gasteiger partial charge in [-0.3, -0.25) is 4.99 Å². The topological polar surface area (TPSA) is 15.6 Å². The van der Waals surface area contributed by atoms with Gasteiger partial charge in [-0.1, -0.05) is 65.8 Å². The summed E-state index contributed by atoms with van der Waals surface area (Å²) in [6, 6.07) is 19.0. The molecule has 0 saturated heterocycles. The van der Waals surface area contributed by atoms with E-state index in [1.165, 1.54) is 17.5 Å². The Hall–Kier alpha value is -1.45. The van der Waals surface area contributed by atoms with Gasteiger partial charge < -0.3 is 4.90 Å². The summed E-state index contributed by atoms with van der Waals surface area (Å²) in [4.78, 5) is 7.16. The second kappa shape index (κ2) is 7.89. The van der Waals surface area contributed by atoms with Gasteiger partial charge in [0.15, 0.2) is 5.17 Å². The molecule has 0 N–H and O–H groups in total. The van der Waals surface area contributed by atoms with Crippen LogP contribution in [0.2, 0.25) is 5.02 Å². The third kappa shape index (κ3) is 4.30. The zero-order valence-corrected chi connectivity index (χ0v) is 14.9. The Morgan fingerprint density at radius 3 is 2.70 bits per heavy atom. The quantitative estimate of drug-likeness (QED) is 0.738.